The van der Waals surface area contributed by atoms with Gasteiger partial charge in [0.15, 0.2) is 0 Å². The van der Waals surface area contributed by atoms with Gasteiger partial charge < -0.3 is 5.73 Å². The van der Waals surface area contributed by atoms with Crippen LogP contribution in [0.3, 0.4) is 0 Å². The topological polar surface area (TPSA) is 43.1 Å². The third-order valence-electron chi connectivity index (χ3n) is 1.88. The second kappa shape index (κ2) is 6.38. The highest BCUT2D eigenvalue weighted by molar-refractivity contribution is 5.62. The van der Waals surface area contributed by atoms with E-state index in [1.165, 1.54) is 11.1 Å². The minimum Gasteiger partial charge on any atom is -0.372 e. The van der Waals surface area contributed by atoms with Gasteiger partial charge in [0.2, 0.25) is 6.41 Å². The van der Waals surface area contributed by atoms with Crippen molar-refractivity contribution in [3.63, 3.8) is 0 Å². The standard InChI is InChI=1S/C12H10.CH3NO/c1-3-7-11(8-4-1)12-9-5-2-6-10-12;2-1-3/h1-10H;1H,(H2,2,3). The first kappa shape index (κ1) is 11.0. The highest BCUT2D eigenvalue weighted by Crippen LogP contribution is 2.17. The molecule has 76 valence electrons. The van der Waals surface area contributed by atoms with Crippen molar-refractivity contribution in [3.05, 3.63) is 60.7 Å². The summed E-state index contributed by atoms with van der Waals surface area (Å²) in [7, 11) is 0. The van der Waals surface area contributed by atoms with Gasteiger partial charge in [-0.05, 0) is 11.1 Å². The van der Waals surface area contributed by atoms with Crippen LogP contribution < -0.4 is 5.73 Å². The fourth-order valence-corrected chi connectivity index (χ4v) is 1.26. The van der Waals surface area contributed by atoms with Gasteiger partial charge in [0.05, 0.1) is 0 Å². The molecule has 0 bridgehead atoms. The molecule has 0 radical (unpaired) electrons. The van der Waals surface area contributed by atoms with E-state index in [0.717, 1.165) is 0 Å². The van der Waals surface area contributed by atoms with Crippen LogP contribution in [0.2, 0.25) is 0 Å². The molecule has 0 aliphatic carbocycles. The van der Waals surface area contributed by atoms with E-state index in [4.69, 9.17) is 4.79 Å². The molecule has 0 spiro atoms. The van der Waals surface area contributed by atoms with E-state index in [1.807, 2.05) is 12.1 Å². The Morgan fingerprint density at radius 2 is 1.00 bits per heavy atom. The number of rotatable bonds is 1. The first-order chi connectivity index (χ1) is 7.38. The maximum atomic E-state index is 8.58. The minimum atomic E-state index is 0.250. The van der Waals surface area contributed by atoms with Crippen molar-refractivity contribution in [2.45, 2.75) is 0 Å². The monoisotopic (exact) mass is 199 g/mol. The van der Waals surface area contributed by atoms with E-state index in [2.05, 4.69) is 54.3 Å². The number of hydrogen-bond acceptors (Lipinski definition) is 1. The van der Waals surface area contributed by atoms with Crippen molar-refractivity contribution in [2.75, 3.05) is 0 Å². The summed E-state index contributed by atoms with van der Waals surface area (Å²) in [5.41, 5.74) is 6.72. The van der Waals surface area contributed by atoms with Crippen LogP contribution in [0.15, 0.2) is 60.7 Å². The van der Waals surface area contributed by atoms with Gasteiger partial charge in [0.1, 0.15) is 0 Å². The molecule has 2 rings (SSSR count). The van der Waals surface area contributed by atoms with Crippen LogP contribution in [0.1, 0.15) is 0 Å². The molecule has 2 nitrogen and oxygen atoms in total. The van der Waals surface area contributed by atoms with Gasteiger partial charge >= 0.3 is 0 Å². The van der Waals surface area contributed by atoms with Crippen molar-refractivity contribution >= 4 is 6.41 Å². The second-order valence-corrected chi connectivity index (χ2v) is 2.87. The summed E-state index contributed by atoms with van der Waals surface area (Å²) in [5, 5.41) is 0. The number of hydrogen-bond donors (Lipinski definition) is 1. The zero-order valence-electron chi connectivity index (χ0n) is 8.34. The number of benzene rings is 2. The number of carbonyl (C=O) groups is 1. The lowest BCUT2D eigenvalue weighted by Crippen LogP contribution is -1.82. The van der Waals surface area contributed by atoms with Gasteiger partial charge in [-0.2, -0.15) is 0 Å². The van der Waals surface area contributed by atoms with E-state index < -0.39 is 0 Å². The number of carbonyl (C=O) groups excluding carboxylic acids is 1. The molecule has 2 N–H and O–H groups in total. The molecule has 1 amide bonds. The molecule has 2 heteroatoms. The quantitative estimate of drug-likeness (QED) is 0.704. The Hall–Kier alpha value is -2.09. The van der Waals surface area contributed by atoms with Gasteiger partial charge in [-0.1, -0.05) is 60.7 Å². The van der Waals surface area contributed by atoms with Crippen molar-refractivity contribution < 1.29 is 4.79 Å². The maximum Gasteiger partial charge on any atom is 0.204 e. The molecule has 0 heterocycles. The molecule has 0 aliphatic heterocycles. The van der Waals surface area contributed by atoms with Crippen LogP contribution in [0, 0.1) is 0 Å². The first-order valence-corrected chi connectivity index (χ1v) is 4.64. The zero-order valence-corrected chi connectivity index (χ0v) is 8.34. The summed E-state index contributed by atoms with van der Waals surface area (Å²) >= 11 is 0. The molecule has 0 unspecified atom stereocenters. The fourth-order valence-electron chi connectivity index (χ4n) is 1.26. The minimum absolute atomic E-state index is 0.250. The van der Waals surface area contributed by atoms with Gasteiger partial charge in [-0.3, -0.25) is 4.79 Å². The summed E-state index contributed by atoms with van der Waals surface area (Å²) in [6.45, 7) is 0. The summed E-state index contributed by atoms with van der Waals surface area (Å²) in [4.78, 5) is 8.58. The van der Waals surface area contributed by atoms with Crippen LogP contribution in [-0.4, -0.2) is 6.41 Å². The molecule has 0 aromatic heterocycles. The average Bonchev–Trinajstić information content (AvgIpc) is 2.32. The third-order valence-corrected chi connectivity index (χ3v) is 1.88. The summed E-state index contributed by atoms with van der Waals surface area (Å²) in [6.07, 6.45) is 0.250. The lowest BCUT2D eigenvalue weighted by Gasteiger charge is -1.98. The van der Waals surface area contributed by atoms with Crippen LogP contribution in [0.5, 0.6) is 0 Å². The highest BCUT2D eigenvalue weighted by Gasteiger charge is 1.91. The van der Waals surface area contributed by atoms with Crippen molar-refractivity contribution in [1.29, 1.82) is 0 Å². The van der Waals surface area contributed by atoms with Crippen LogP contribution in [0.25, 0.3) is 11.1 Å². The Morgan fingerprint density at radius 3 is 1.27 bits per heavy atom. The van der Waals surface area contributed by atoms with Gasteiger partial charge in [-0.15, -0.1) is 0 Å². The molecular formula is C13H13NO. The smallest absolute Gasteiger partial charge is 0.204 e. The second-order valence-electron chi connectivity index (χ2n) is 2.87. The molecule has 0 fully saturated rings. The Labute approximate surface area is 89.4 Å². The van der Waals surface area contributed by atoms with Crippen LogP contribution in [-0.2, 0) is 4.79 Å². The molecule has 2 aromatic rings. The first-order valence-electron chi connectivity index (χ1n) is 4.64. The van der Waals surface area contributed by atoms with Crippen LogP contribution >= 0.6 is 0 Å². The Kier molecular flexibility index (Phi) is 4.67. The third kappa shape index (κ3) is 3.65. The predicted molar refractivity (Wildman–Crippen MR) is 62.1 cm³/mol. The van der Waals surface area contributed by atoms with Crippen molar-refractivity contribution in [3.8, 4) is 11.1 Å². The summed E-state index contributed by atoms with van der Waals surface area (Å²) in [5.74, 6) is 0. The lowest BCUT2D eigenvalue weighted by molar-refractivity contribution is -0.106. The Balaban J connectivity index is 0.000000337. The van der Waals surface area contributed by atoms with E-state index in [9.17, 15) is 0 Å². The largest absolute Gasteiger partial charge is 0.372 e. The van der Waals surface area contributed by atoms with E-state index in [0.29, 0.717) is 0 Å². The van der Waals surface area contributed by atoms with Gasteiger partial charge in [-0.25, -0.2) is 0 Å². The number of nitrogens with two attached hydrogens (primary N) is 1. The summed E-state index contributed by atoms with van der Waals surface area (Å²) < 4.78 is 0. The van der Waals surface area contributed by atoms with Crippen molar-refractivity contribution in [1.82, 2.24) is 0 Å². The van der Waals surface area contributed by atoms with E-state index in [-0.39, 0.29) is 6.41 Å². The SMILES string of the molecule is NC=O.c1ccc(-c2ccccc2)cc1. The fraction of sp³-hybridized carbons (Fsp3) is 0. The molecular weight excluding hydrogens is 186 g/mol. The predicted octanol–water partition coefficient (Wildman–Crippen LogP) is 2.46. The van der Waals surface area contributed by atoms with Gasteiger partial charge in [0.25, 0.3) is 0 Å². The van der Waals surface area contributed by atoms with E-state index >= 15 is 0 Å². The van der Waals surface area contributed by atoms with Crippen molar-refractivity contribution in [2.24, 2.45) is 5.73 Å². The molecule has 0 aliphatic rings. The van der Waals surface area contributed by atoms with E-state index in [1.54, 1.807) is 0 Å². The molecule has 2 aromatic carbocycles. The number of amides is 1. The maximum absolute atomic E-state index is 8.58. The molecule has 15 heavy (non-hydrogen) atoms. The van der Waals surface area contributed by atoms with Crippen LogP contribution in [0.4, 0.5) is 0 Å². The summed E-state index contributed by atoms with van der Waals surface area (Å²) in [6, 6.07) is 20.8. The Bertz CT molecular complexity index is 346. The average molecular weight is 199 g/mol. The van der Waals surface area contributed by atoms with Gasteiger partial charge in [0, 0.05) is 0 Å². The zero-order chi connectivity index (χ0) is 10.9. The Morgan fingerprint density at radius 1 is 0.733 bits per heavy atom. The molecule has 0 saturated carbocycles. The number of primary amides is 1. The highest BCUT2D eigenvalue weighted by atomic mass is 16.1. The molecule has 0 saturated heterocycles. The normalized spacial score (nSPS) is 8.53. The lowest BCUT2D eigenvalue weighted by atomic mass is 10.1. The molecule has 0 atom stereocenters.